The first-order chi connectivity index (χ1) is 13.7. The van der Waals surface area contributed by atoms with E-state index in [1.54, 1.807) is 12.3 Å². The van der Waals surface area contributed by atoms with Crippen LogP contribution >= 0.6 is 11.3 Å². The number of methoxy groups -OCH3 is 1. The zero-order chi connectivity index (χ0) is 21.6. The fourth-order valence-electron chi connectivity index (χ4n) is 2.22. The van der Waals surface area contributed by atoms with Crippen molar-refractivity contribution < 1.29 is 28.8 Å². The van der Waals surface area contributed by atoms with Crippen LogP contribution in [0.2, 0.25) is 0 Å². The summed E-state index contributed by atoms with van der Waals surface area (Å²) in [6.07, 6.45) is 0.932. The molecule has 1 amide bonds. The Kier molecular flexibility index (Phi) is 7.14. The lowest BCUT2D eigenvalue weighted by Crippen LogP contribution is -2.29. The van der Waals surface area contributed by atoms with Crippen LogP contribution in [0.3, 0.4) is 0 Å². The first-order valence-electron chi connectivity index (χ1n) is 8.12. The molecule has 2 aromatic rings. The lowest BCUT2D eigenvalue weighted by Gasteiger charge is -2.07. The molecule has 0 saturated carbocycles. The van der Waals surface area contributed by atoms with Crippen molar-refractivity contribution in [2.75, 3.05) is 19.0 Å². The van der Waals surface area contributed by atoms with Gasteiger partial charge in [-0.2, -0.15) is 0 Å². The van der Waals surface area contributed by atoms with Gasteiger partial charge in [-0.3, -0.25) is 29.1 Å². The Morgan fingerprint density at radius 3 is 2.72 bits per heavy atom. The van der Waals surface area contributed by atoms with E-state index < -0.39 is 40.6 Å². The Labute approximate surface area is 167 Å². The fourth-order valence-corrected chi connectivity index (χ4v) is 2.94. The summed E-state index contributed by atoms with van der Waals surface area (Å²) in [7, 11) is 1.08. The normalized spacial score (nSPS) is 10.3. The number of anilines is 1. The maximum absolute atomic E-state index is 12.2. The van der Waals surface area contributed by atoms with Gasteiger partial charge in [0.1, 0.15) is 6.54 Å². The number of hydrogen-bond donors (Lipinski definition) is 1. The highest BCUT2D eigenvalue weighted by molar-refractivity contribution is 7.13. The molecule has 0 aromatic carbocycles. The van der Waals surface area contributed by atoms with Gasteiger partial charge in [0.2, 0.25) is 5.91 Å². The summed E-state index contributed by atoms with van der Waals surface area (Å²) in [6.45, 7) is 1.31. The number of nitro groups is 1. The quantitative estimate of drug-likeness (QED) is 0.366. The van der Waals surface area contributed by atoms with Gasteiger partial charge in [-0.1, -0.05) is 0 Å². The highest BCUT2D eigenvalue weighted by Gasteiger charge is 2.21. The zero-order valence-corrected chi connectivity index (χ0v) is 16.2. The van der Waals surface area contributed by atoms with Gasteiger partial charge in [0.25, 0.3) is 0 Å². The van der Waals surface area contributed by atoms with E-state index in [4.69, 9.17) is 4.74 Å². The summed E-state index contributed by atoms with van der Waals surface area (Å²) < 4.78 is 10.0. The third kappa shape index (κ3) is 5.68. The predicted octanol–water partition coefficient (Wildman–Crippen LogP) is 0.744. The first kappa shape index (κ1) is 21.7. The zero-order valence-electron chi connectivity index (χ0n) is 15.4. The Hall–Kier alpha value is -3.61. The van der Waals surface area contributed by atoms with Gasteiger partial charge >= 0.3 is 23.2 Å². The Bertz CT molecular complexity index is 1010. The highest BCUT2D eigenvalue weighted by atomic mass is 32.1. The lowest BCUT2D eigenvalue weighted by atomic mass is 10.2. The molecule has 2 aromatic heterocycles. The average Bonchev–Trinajstić information content (AvgIpc) is 3.08. The molecule has 29 heavy (non-hydrogen) atoms. The second-order valence-electron chi connectivity index (χ2n) is 5.47. The number of thiazole rings is 1. The van der Waals surface area contributed by atoms with Crippen molar-refractivity contribution in [1.82, 2.24) is 9.55 Å². The molecular weight excluding hydrogens is 408 g/mol. The molecule has 13 heteroatoms. The van der Waals surface area contributed by atoms with Crippen LogP contribution in [0.5, 0.6) is 0 Å². The number of amides is 1. The summed E-state index contributed by atoms with van der Waals surface area (Å²) in [5.41, 5.74) is -1.78. The lowest BCUT2D eigenvalue weighted by molar-refractivity contribution is -0.386. The number of nitrogens with one attached hydrogen (secondary N) is 1. The molecule has 0 fully saturated rings. The van der Waals surface area contributed by atoms with Crippen molar-refractivity contribution in [3.8, 4) is 0 Å². The minimum Gasteiger partial charge on any atom is -0.466 e. The summed E-state index contributed by atoms with van der Waals surface area (Å²) in [4.78, 5) is 61.6. The van der Waals surface area contributed by atoms with Crippen molar-refractivity contribution in [2.24, 2.45) is 0 Å². The first-order valence-corrected chi connectivity index (χ1v) is 9.00. The molecule has 2 rings (SSSR count). The molecule has 0 unspecified atom stereocenters. The van der Waals surface area contributed by atoms with E-state index >= 15 is 0 Å². The number of nitrogens with zero attached hydrogens (tertiary/aromatic N) is 3. The maximum atomic E-state index is 12.2. The maximum Gasteiger partial charge on any atom is 0.339 e. The van der Waals surface area contributed by atoms with Gasteiger partial charge in [-0.15, -0.1) is 11.3 Å². The van der Waals surface area contributed by atoms with Gasteiger partial charge in [-0.05, 0) is 6.92 Å². The summed E-state index contributed by atoms with van der Waals surface area (Å²) in [5, 5.41) is 15.2. The number of carbonyl (C=O) groups is 3. The van der Waals surface area contributed by atoms with Crippen LogP contribution < -0.4 is 10.9 Å². The number of aromatic nitrogens is 2. The van der Waals surface area contributed by atoms with E-state index in [1.165, 1.54) is 0 Å². The fraction of sp³-hybridized carbons (Fsp3) is 0.312. The molecule has 0 spiro atoms. The second kappa shape index (κ2) is 9.54. The van der Waals surface area contributed by atoms with E-state index in [1.807, 2.05) is 0 Å². The highest BCUT2D eigenvalue weighted by Crippen LogP contribution is 2.16. The Morgan fingerprint density at radius 1 is 1.38 bits per heavy atom. The van der Waals surface area contributed by atoms with Crippen LogP contribution in [0.4, 0.5) is 10.8 Å². The number of esters is 2. The minimum absolute atomic E-state index is 0.0625. The van der Waals surface area contributed by atoms with E-state index in [2.05, 4.69) is 15.0 Å². The summed E-state index contributed by atoms with van der Waals surface area (Å²) in [5.74, 6) is -2.07. The van der Waals surface area contributed by atoms with Crippen molar-refractivity contribution in [1.29, 1.82) is 0 Å². The van der Waals surface area contributed by atoms with Gasteiger partial charge in [0, 0.05) is 17.6 Å². The summed E-state index contributed by atoms with van der Waals surface area (Å²) >= 11 is 1.05. The number of hydrogen-bond acceptors (Lipinski definition) is 10. The standard InChI is InChI=1S/C16H16N4O8S/c1-3-28-13(22)5-10-8-29-16(17-10)18-12(21)7-19-6-9(15(24)27-2)4-11(14(19)23)20(25)26/h4,6,8H,3,5,7H2,1-2H3,(H,17,18,21). The number of pyridine rings is 1. The topological polar surface area (TPSA) is 160 Å². The predicted molar refractivity (Wildman–Crippen MR) is 99.8 cm³/mol. The smallest absolute Gasteiger partial charge is 0.339 e. The monoisotopic (exact) mass is 424 g/mol. The van der Waals surface area contributed by atoms with E-state index in [0.29, 0.717) is 5.69 Å². The van der Waals surface area contributed by atoms with E-state index in [-0.39, 0.29) is 23.7 Å². The van der Waals surface area contributed by atoms with Crippen LogP contribution in [-0.4, -0.2) is 46.0 Å². The Morgan fingerprint density at radius 2 is 2.10 bits per heavy atom. The molecule has 0 aliphatic carbocycles. The third-order valence-corrected chi connectivity index (χ3v) is 4.23. The molecule has 154 valence electrons. The van der Waals surface area contributed by atoms with Crippen LogP contribution in [0.15, 0.2) is 22.4 Å². The van der Waals surface area contributed by atoms with Crippen molar-refractivity contribution >= 4 is 40.0 Å². The van der Waals surface area contributed by atoms with Crippen molar-refractivity contribution in [3.63, 3.8) is 0 Å². The van der Waals surface area contributed by atoms with Crippen LogP contribution in [-0.2, 0) is 32.0 Å². The molecule has 0 aliphatic rings. The molecule has 0 radical (unpaired) electrons. The number of ether oxygens (including phenoxy) is 2. The van der Waals surface area contributed by atoms with Gasteiger partial charge in [0.05, 0.1) is 36.3 Å². The molecule has 0 aliphatic heterocycles. The average molecular weight is 424 g/mol. The van der Waals surface area contributed by atoms with Gasteiger partial charge < -0.3 is 14.8 Å². The minimum atomic E-state index is -1.06. The van der Waals surface area contributed by atoms with E-state index in [0.717, 1.165) is 35.3 Å². The van der Waals surface area contributed by atoms with Crippen molar-refractivity contribution in [3.05, 3.63) is 49.4 Å². The van der Waals surface area contributed by atoms with E-state index in [9.17, 15) is 29.3 Å². The summed E-state index contributed by atoms with van der Waals surface area (Å²) in [6, 6.07) is 0.783. The SMILES string of the molecule is CCOC(=O)Cc1csc(NC(=O)Cn2cc(C(=O)OC)cc([N+](=O)[O-])c2=O)n1. The van der Waals surface area contributed by atoms with Crippen LogP contribution in [0.1, 0.15) is 23.0 Å². The molecule has 12 nitrogen and oxygen atoms in total. The number of carbonyl (C=O) groups excluding carboxylic acids is 3. The molecule has 0 saturated heterocycles. The van der Waals surface area contributed by atoms with Crippen LogP contribution in [0.25, 0.3) is 0 Å². The van der Waals surface area contributed by atoms with Gasteiger partial charge in [-0.25, -0.2) is 9.78 Å². The second-order valence-corrected chi connectivity index (χ2v) is 6.33. The molecule has 2 heterocycles. The number of rotatable bonds is 8. The molecule has 0 atom stereocenters. The largest absolute Gasteiger partial charge is 0.466 e. The Balaban J connectivity index is 2.16. The molecular formula is C16H16N4O8S. The van der Waals surface area contributed by atoms with Crippen molar-refractivity contribution in [2.45, 2.75) is 19.9 Å². The van der Waals surface area contributed by atoms with Gasteiger partial charge in [0.15, 0.2) is 5.13 Å². The van der Waals surface area contributed by atoms with Crippen LogP contribution in [0, 0.1) is 10.1 Å². The molecule has 1 N–H and O–H groups in total. The molecule has 0 bridgehead atoms. The third-order valence-electron chi connectivity index (χ3n) is 3.43.